The Morgan fingerprint density at radius 2 is 1.64 bits per heavy atom. The van der Waals surface area contributed by atoms with Crippen LogP contribution in [0.1, 0.15) is 68.1 Å². The molecule has 1 N–H and O–H groups in total. The van der Waals surface area contributed by atoms with Gasteiger partial charge in [0.25, 0.3) is 5.91 Å². The van der Waals surface area contributed by atoms with E-state index in [0.29, 0.717) is 23.5 Å². The van der Waals surface area contributed by atoms with Crippen LogP contribution in [0.3, 0.4) is 0 Å². The van der Waals surface area contributed by atoms with Crippen LogP contribution in [0.2, 0.25) is 0 Å². The van der Waals surface area contributed by atoms with Crippen LogP contribution < -0.4 is 15.2 Å². The van der Waals surface area contributed by atoms with Crippen LogP contribution in [0.5, 0.6) is 5.75 Å². The van der Waals surface area contributed by atoms with Gasteiger partial charge in [-0.05, 0) is 47.2 Å². The highest BCUT2D eigenvalue weighted by Crippen LogP contribution is 2.24. The molecule has 0 aromatic heterocycles. The second-order valence-corrected chi connectivity index (χ2v) is 7.85. The van der Waals surface area contributed by atoms with Crippen molar-refractivity contribution < 1.29 is 19.4 Å². The number of ether oxygens (including phenoxy) is 1. The molecule has 1 amide bonds. The third kappa shape index (κ3) is 6.12. The molecule has 0 bridgehead atoms. The minimum Gasteiger partial charge on any atom is -0.550 e. The Kier molecular flexibility index (Phi) is 7.21. The first-order chi connectivity index (χ1) is 13.2. The van der Waals surface area contributed by atoms with Gasteiger partial charge in [0, 0.05) is 18.0 Å². The zero-order chi connectivity index (χ0) is 20.7. The lowest BCUT2D eigenvalue weighted by Gasteiger charge is -2.21. The summed E-state index contributed by atoms with van der Waals surface area (Å²) in [6, 6.07) is 13.8. The predicted octanol–water partition coefficient (Wildman–Crippen LogP) is 3.38. The molecule has 2 aromatic rings. The first-order valence-electron chi connectivity index (χ1n) is 9.54. The summed E-state index contributed by atoms with van der Waals surface area (Å²) in [5, 5.41) is 14.0. The number of hydrogen-bond acceptors (Lipinski definition) is 4. The van der Waals surface area contributed by atoms with Gasteiger partial charge in [0.05, 0.1) is 12.6 Å². The molecule has 0 aliphatic heterocycles. The maximum absolute atomic E-state index is 12.6. The number of amides is 1. The van der Waals surface area contributed by atoms with Gasteiger partial charge in [-0.15, -0.1) is 0 Å². The molecule has 0 fully saturated rings. The fourth-order valence-electron chi connectivity index (χ4n) is 2.80. The van der Waals surface area contributed by atoms with E-state index in [0.717, 1.165) is 12.0 Å². The van der Waals surface area contributed by atoms with Crippen LogP contribution >= 0.6 is 0 Å². The van der Waals surface area contributed by atoms with Crippen LogP contribution in [0.25, 0.3) is 0 Å². The van der Waals surface area contributed by atoms with Gasteiger partial charge in [0.15, 0.2) is 0 Å². The molecule has 2 aromatic carbocycles. The van der Waals surface area contributed by atoms with Crippen molar-refractivity contribution in [1.29, 1.82) is 0 Å². The Hall–Kier alpha value is -2.82. The van der Waals surface area contributed by atoms with E-state index in [1.807, 2.05) is 19.1 Å². The van der Waals surface area contributed by atoms with E-state index in [1.54, 1.807) is 36.4 Å². The molecule has 0 heterocycles. The molecule has 5 nitrogen and oxygen atoms in total. The molecule has 0 saturated carbocycles. The smallest absolute Gasteiger partial charge is 0.251 e. The maximum Gasteiger partial charge on any atom is 0.251 e. The summed E-state index contributed by atoms with van der Waals surface area (Å²) < 4.78 is 5.54. The number of hydrogen-bond donors (Lipinski definition) is 1. The van der Waals surface area contributed by atoms with E-state index in [-0.39, 0.29) is 17.7 Å². The SMILES string of the molecule is CCCOc1ccc([C@@H](CC(=O)[O-])NC(=O)c2ccc(C(C)(C)C)cc2)cc1. The molecular weight excluding hydrogens is 354 g/mol. The standard InChI is InChI=1S/C23H29NO4/c1-5-14-28-19-12-8-16(9-13-19)20(15-21(25)26)24-22(27)17-6-10-18(11-7-17)23(2,3)4/h6-13,20H,5,14-15H2,1-4H3,(H,24,27)(H,25,26)/p-1/t20-/m1/s1. The number of carboxylic acid groups (broad SMARTS) is 1. The number of carbonyl (C=O) groups is 2. The number of carboxylic acids is 1. The van der Waals surface area contributed by atoms with Crippen molar-refractivity contribution in [2.45, 2.75) is 52.0 Å². The van der Waals surface area contributed by atoms with Gasteiger partial charge < -0.3 is 20.0 Å². The Morgan fingerprint density at radius 3 is 2.14 bits per heavy atom. The van der Waals surface area contributed by atoms with Gasteiger partial charge in [-0.3, -0.25) is 4.79 Å². The summed E-state index contributed by atoms with van der Waals surface area (Å²) in [5.74, 6) is -0.834. The van der Waals surface area contributed by atoms with Gasteiger partial charge in [-0.2, -0.15) is 0 Å². The van der Waals surface area contributed by atoms with Crippen molar-refractivity contribution in [2.75, 3.05) is 6.61 Å². The molecule has 0 radical (unpaired) electrons. The first-order valence-corrected chi connectivity index (χ1v) is 9.54. The number of aliphatic carboxylic acids is 1. The summed E-state index contributed by atoms with van der Waals surface area (Å²) in [7, 11) is 0. The first kappa shape index (κ1) is 21.5. The molecule has 0 spiro atoms. The van der Waals surface area contributed by atoms with Crippen molar-refractivity contribution in [1.82, 2.24) is 5.32 Å². The lowest BCUT2D eigenvalue weighted by molar-refractivity contribution is -0.306. The van der Waals surface area contributed by atoms with E-state index < -0.39 is 12.0 Å². The molecule has 0 aliphatic carbocycles. The lowest BCUT2D eigenvalue weighted by atomic mass is 9.86. The average molecular weight is 382 g/mol. The normalized spacial score (nSPS) is 12.3. The largest absolute Gasteiger partial charge is 0.550 e. The van der Waals surface area contributed by atoms with Crippen molar-refractivity contribution >= 4 is 11.9 Å². The quantitative estimate of drug-likeness (QED) is 0.759. The topological polar surface area (TPSA) is 78.5 Å². The van der Waals surface area contributed by atoms with Gasteiger partial charge in [0.1, 0.15) is 5.75 Å². The lowest BCUT2D eigenvalue weighted by Crippen LogP contribution is -2.34. The van der Waals surface area contributed by atoms with Crippen molar-refractivity contribution in [2.24, 2.45) is 0 Å². The summed E-state index contributed by atoms with van der Waals surface area (Å²) in [6.45, 7) is 8.94. The molecule has 28 heavy (non-hydrogen) atoms. The Morgan fingerprint density at radius 1 is 1.04 bits per heavy atom. The van der Waals surface area contributed by atoms with Crippen LogP contribution in [-0.4, -0.2) is 18.5 Å². The molecule has 1 atom stereocenters. The van der Waals surface area contributed by atoms with Gasteiger partial charge in [-0.1, -0.05) is 52.0 Å². The van der Waals surface area contributed by atoms with Crippen LogP contribution in [0, 0.1) is 0 Å². The fourth-order valence-corrected chi connectivity index (χ4v) is 2.80. The molecule has 0 unspecified atom stereocenters. The fraction of sp³-hybridized carbons (Fsp3) is 0.391. The Balaban J connectivity index is 2.15. The molecule has 0 saturated heterocycles. The monoisotopic (exact) mass is 382 g/mol. The van der Waals surface area contributed by atoms with Gasteiger partial charge >= 0.3 is 0 Å². The zero-order valence-electron chi connectivity index (χ0n) is 17.0. The highest BCUT2D eigenvalue weighted by Gasteiger charge is 2.18. The zero-order valence-corrected chi connectivity index (χ0v) is 17.0. The Labute approximate surface area is 166 Å². The number of benzene rings is 2. The third-order valence-electron chi connectivity index (χ3n) is 4.44. The van der Waals surface area contributed by atoms with E-state index >= 15 is 0 Å². The highest BCUT2D eigenvalue weighted by atomic mass is 16.5. The molecule has 0 aliphatic rings. The number of carbonyl (C=O) groups excluding carboxylic acids is 2. The summed E-state index contributed by atoms with van der Waals surface area (Å²) in [4.78, 5) is 23.8. The minimum atomic E-state index is -1.22. The maximum atomic E-state index is 12.6. The second-order valence-electron chi connectivity index (χ2n) is 7.85. The summed E-state index contributed by atoms with van der Waals surface area (Å²) >= 11 is 0. The van der Waals surface area contributed by atoms with Crippen LogP contribution in [-0.2, 0) is 10.2 Å². The molecular formula is C23H28NO4-. The summed E-state index contributed by atoms with van der Waals surface area (Å²) in [5.41, 5.74) is 2.29. The van der Waals surface area contributed by atoms with Crippen molar-refractivity contribution in [3.05, 3.63) is 65.2 Å². The van der Waals surface area contributed by atoms with Crippen molar-refractivity contribution in [3.63, 3.8) is 0 Å². The minimum absolute atomic E-state index is 0.00584. The second kappa shape index (κ2) is 9.40. The van der Waals surface area contributed by atoms with E-state index in [1.165, 1.54) is 0 Å². The highest BCUT2D eigenvalue weighted by molar-refractivity contribution is 5.94. The van der Waals surface area contributed by atoms with Crippen LogP contribution in [0.15, 0.2) is 48.5 Å². The molecule has 5 heteroatoms. The number of nitrogens with one attached hydrogen (secondary N) is 1. The third-order valence-corrected chi connectivity index (χ3v) is 4.44. The number of rotatable bonds is 8. The van der Waals surface area contributed by atoms with E-state index in [2.05, 4.69) is 26.1 Å². The van der Waals surface area contributed by atoms with Gasteiger partial charge in [-0.25, -0.2) is 0 Å². The van der Waals surface area contributed by atoms with Crippen molar-refractivity contribution in [3.8, 4) is 5.75 Å². The van der Waals surface area contributed by atoms with Crippen LogP contribution in [0.4, 0.5) is 0 Å². The average Bonchev–Trinajstić information content (AvgIpc) is 2.65. The van der Waals surface area contributed by atoms with E-state index in [4.69, 9.17) is 4.74 Å². The Bertz CT molecular complexity index is 789. The predicted molar refractivity (Wildman–Crippen MR) is 107 cm³/mol. The molecule has 2 rings (SSSR count). The summed E-state index contributed by atoms with van der Waals surface area (Å²) in [6.07, 6.45) is 0.597. The molecule has 150 valence electrons. The van der Waals surface area contributed by atoms with Gasteiger partial charge in [0.2, 0.25) is 0 Å². The van der Waals surface area contributed by atoms with E-state index in [9.17, 15) is 14.7 Å².